The predicted molar refractivity (Wildman–Crippen MR) is 76.6 cm³/mol. The smallest absolute Gasteiger partial charge is 0.282 e. The lowest BCUT2D eigenvalue weighted by Crippen LogP contribution is -2.38. The van der Waals surface area contributed by atoms with E-state index < -0.39 is 0 Å². The summed E-state index contributed by atoms with van der Waals surface area (Å²) in [5, 5.41) is 14.7. The summed E-state index contributed by atoms with van der Waals surface area (Å²) in [6.45, 7) is 6.33. The zero-order chi connectivity index (χ0) is 13.7. The van der Waals surface area contributed by atoms with E-state index >= 15 is 0 Å². The van der Waals surface area contributed by atoms with Gasteiger partial charge in [0.1, 0.15) is 0 Å². The van der Waals surface area contributed by atoms with Crippen LogP contribution in [0.2, 0.25) is 0 Å². The van der Waals surface area contributed by atoms with Gasteiger partial charge in [-0.2, -0.15) is 0 Å². The van der Waals surface area contributed by atoms with Crippen LogP contribution in [0.15, 0.2) is 0 Å². The first-order valence-corrected chi connectivity index (χ1v) is 7.56. The maximum Gasteiger partial charge on any atom is 0.282 e. The largest absolute Gasteiger partial charge is 0.363 e. The normalized spacial score (nSPS) is 17.4. The number of likely N-dealkylation sites (tertiary alicyclic amines) is 1. The Morgan fingerprint density at radius 3 is 2.74 bits per heavy atom. The van der Waals surface area contributed by atoms with Crippen molar-refractivity contribution in [2.75, 3.05) is 38.5 Å². The molecule has 1 aromatic rings. The van der Waals surface area contributed by atoms with Gasteiger partial charge in [-0.1, -0.05) is 18.3 Å². The molecule has 0 unspecified atom stereocenters. The van der Waals surface area contributed by atoms with Gasteiger partial charge in [0.05, 0.1) is 0 Å². The molecule has 1 fully saturated rings. The molecule has 1 aliphatic rings. The molecule has 0 aliphatic carbocycles. The highest BCUT2D eigenvalue weighted by Gasteiger charge is 2.19. The topological polar surface area (TPSA) is 70.2 Å². The summed E-state index contributed by atoms with van der Waals surface area (Å²) < 4.78 is 0. The molecule has 2 N–H and O–H groups in total. The molecule has 0 radical (unpaired) electrons. The second-order valence-electron chi connectivity index (χ2n) is 4.75. The van der Waals surface area contributed by atoms with E-state index in [4.69, 9.17) is 0 Å². The van der Waals surface area contributed by atoms with E-state index in [-0.39, 0.29) is 5.91 Å². The molecule has 1 saturated heterocycles. The average Bonchev–Trinajstić information content (AvgIpc) is 2.94. The third kappa shape index (κ3) is 3.87. The highest BCUT2D eigenvalue weighted by Crippen LogP contribution is 2.17. The van der Waals surface area contributed by atoms with Gasteiger partial charge >= 0.3 is 0 Å². The fourth-order valence-electron chi connectivity index (χ4n) is 2.24. The lowest BCUT2D eigenvalue weighted by atomic mass is 9.97. The summed E-state index contributed by atoms with van der Waals surface area (Å²) in [4.78, 5) is 14.3. The first-order chi connectivity index (χ1) is 9.22. The lowest BCUT2D eigenvalue weighted by Gasteiger charge is -2.30. The van der Waals surface area contributed by atoms with Gasteiger partial charge in [0.15, 0.2) is 0 Å². The Hall–Kier alpha value is -1.21. The van der Waals surface area contributed by atoms with Gasteiger partial charge < -0.3 is 15.5 Å². The van der Waals surface area contributed by atoms with Gasteiger partial charge in [-0.25, -0.2) is 0 Å². The van der Waals surface area contributed by atoms with E-state index in [1.165, 1.54) is 11.3 Å². The van der Waals surface area contributed by atoms with Gasteiger partial charge in [-0.05, 0) is 38.4 Å². The molecule has 0 spiro atoms. The van der Waals surface area contributed by atoms with Crippen LogP contribution in [0.3, 0.4) is 0 Å². The maximum atomic E-state index is 11.9. The number of rotatable bonds is 5. The highest BCUT2D eigenvalue weighted by molar-refractivity contribution is 7.17. The molecule has 0 atom stereocenters. The summed E-state index contributed by atoms with van der Waals surface area (Å²) in [5.41, 5.74) is 0. The van der Waals surface area contributed by atoms with Crippen molar-refractivity contribution in [2.24, 2.45) is 5.92 Å². The van der Waals surface area contributed by atoms with E-state index in [0.29, 0.717) is 16.1 Å². The first kappa shape index (κ1) is 14.2. The monoisotopic (exact) mass is 283 g/mol. The molecule has 19 heavy (non-hydrogen) atoms. The van der Waals surface area contributed by atoms with Gasteiger partial charge in [-0.15, -0.1) is 10.2 Å². The van der Waals surface area contributed by atoms with Crippen molar-refractivity contribution in [1.29, 1.82) is 0 Å². The number of anilines is 1. The number of hydrogen-bond donors (Lipinski definition) is 2. The minimum absolute atomic E-state index is 0.114. The second-order valence-corrected chi connectivity index (χ2v) is 5.73. The van der Waals surface area contributed by atoms with Crippen molar-refractivity contribution in [1.82, 2.24) is 20.4 Å². The summed E-state index contributed by atoms with van der Waals surface area (Å²) in [7, 11) is 1.77. The van der Waals surface area contributed by atoms with Crippen molar-refractivity contribution in [2.45, 2.75) is 19.8 Å². The SMILES string of the molecule is CCN1CCC(CNC(=O)c2nnc(NC)s2)CC1. The van der Waals surface area contributed by atoms with E-state index in [1.54, 1.807) is 7.05 Å². The van der Waals surface area contributed by atoms with Crippen molar-refractivity contribution in [3.63, 3.8) is 0 Å². The summed E-state index contributed by atoms with van der Waals surface area (Å²) in [6, 6.07) is 0. The zero-order valence-electron chi connectivity index (χ0n) is 11.5. The molecule has 106 valence electrons. The minimum atomic E-state index is -0.114. The van der Waals surface area contributed by atoms with Crippen LogP contribution >= 0.6 is 11.3 Å². The molecule has 1 amide bonds. The number of carbonyl (C=O) groups is 1. The Balaban J connectivity index is 1.75. The Morgan fingerprint density at radius 2 is 2.16 bits per heavy atom. The summed E-state index contributed by atoms with van der Waals surface area (Å²) in [5.74, 6) is 0.473. The van der Waals surface area contributed by atoms with Crippen LogP contribution in [0.4, 0.5) is 5.13 Å². The van der Waals surface area contributed by atoms with E-state index in [1.807, 2.05) is 0 Å². The van der Waals surface area contributed by atoms with Crippen molar-refractivity contribution in [3.05, 3.63) is 5.01 Å². The van der Waals surface area contributed by atoms with E-state index in [0.717, 1.165) is 39.0 Å². The van der Waals surface area contributed by atoms with Crippen molar-refractivity contribution < 1.29 is 4.79 Å². The molecular formula is C12H21N5OS. The fraction of sp³-hybridized carbons (Fsp3) is 0.750. The maximum absolute atomic E-state index is 11.9. The summed E-state index contributed by atoms with van der Waals surface area (Å²) in [6.07, 6.45) is 2.32. The van der Waals surface area contributed by atoms with Gasteiger partial charge in [0.25, 0.3) is 5.91 Å². The van der Waals surface area contributed by atoms with Crippen LogP contribution in [-0.2, 0) is 0 Å². The fourth-order valence-corrected chi connectivity index (χ4v) is 2.85. The van der Waals surface area contributed by atoms with Gasteiger partial charge in [-0.3, -0.25) is 4.79 Å². The van der Waals surface area contributed by atoms with Crippen LogP contribution in [0.25, 0.3) is 0 Å². The van der Waals surface area contributed by atoms with Gasteiger partial charge in [0, 0.05) is 13.6 Å². The molecule has 1 aliphatic heterocycles. The number of amides is 1. The van der Waals surface area contributed by atoms with Gasteiger partial charge in [0.2, 0.25) is 10.1 Å². The minimum Gasteiger partial charge on any atom is -0.363 e. The molecule has 1 aromatic heterocycles. The zero-order valence-corrected chi connectivity index (χ0v) is 12.3. The number of nitrogens with one attached hydrogen (secondary N) is 2. The first-order valence-electron chi connectivity index (χ1n) is 6.74. The van der Waals surface area contributed by atoms with Crippen LogP contribution < -0.4 is 10.6 Å². The van der Waals surface area contributed by atoms with Crippen molar-refractivity contribution >= 4 is 22.4 Å². The van der Waals surface area contributed by atoms with E-state index in [9.17, 15) is 4.79 Å². The summed E-state index contributed by atoms with van der Waals surface area (Å²) >= 11 is 1.28. The van der Waals surface area contributed by atoms with E-state index in [2.05, 4.69) is 32.7 Å². The molecule has 0 bridgehead atoms. The third-order valence-electron chi connectivity index (χ3n) is 3.54. The lowest BCUT2D eigenvalue weighted by molar-refractivity contribution is 0.0936. The van der Waals surface area contributed by atoms with Crippen LogP contribution in [0.1, 0.15) is 29.6 Å². The molecule has 2 heterocycles. The molecule has 0 aromatic carbocycles. The number of nitrogens with zero attached hydrogens (tertiary/aromatic N) is 3. The predicted octanol–water partition coefficient (Wildman–Crippen LogP) is 1.04. The Bertz CT molecular complexity index is 414. The van der Waals surface area contributed by atoms with Crippen LogP contribution in [0, 0.1) is 5.92 Å². The van der Waals surface area contributed by atoms with Crippen LogP contribution in [0.5, 0.6) is 0 Å². The Labute approximate surface area is 117 Å². The third-order valence-corrected chi connectivity index (χ3v) is 4.48. The second kappa shape index (κ2) is 6.81. The molecular weight excluding hydrogens is 262 g/mol. The molecule has 0 saturated carbocycles. The number of piperidine rings is 1. The number of carbonyl (C=O) groups excluding carboxylic acids is 1. The molecule has 7 heteroatoms. The average molecular weight is 283 g/mol. The quantitative estimate of drug-likeness (QED) is 0.845. The molecule has 2 rings (SSSR count). The molecule has 6 nitrogen and oxygen atoms in total. The Kier molecular flexibility index (Phi) is 5.09. The highest BCUT2D eigenvalue weighted by atomic mass is 32.1. The Morgan fingerprint density at radius 1 is 1.42 bits per heavy atom. The van der Waals surface area contributed by atoms with Crippen LogP contribution in [-0.4, -0.2) is 54.2 Å². The standard InChI is InChI=1S/C12H21N5OS/c1-3-17-6-4-9(5-7-17)8-14-10(18)11-15-16-12(13-2)19-11/h9H,3-8H2,1-2H3,(H,13,16)(H,14,18). The number of hydrogen-bond acceptors (Lipinski definition) is 6. The van der Waals surface area contributed by atoms with Crippen molar-refractivity contribution in [3.8, 4) is 0 Å². The number of aromatic nitrogens is 2.